The fraction of sp³-hybridized carbons (Fsp3) is 0.133. The predicted octanol–water partition coefficient (Wildman–Crippen LogP) is 2.42. The molecule has 0 radical (unpaired) electrons. The van der Waals surface area contributed by atoms with Gasteiger partial charge in [-0.2, -0.15) is 0 Å². The van der Waals surface area contributed by atoms with Crippen molar-refractivity contribution >= 4 is 26.8 Å². The van der Waals surface area contributed by atoms with E-state index >= 15 is 0 Å². The molecule has 3 rings (SSSR count). The lowest BCUT2D eigenvalue weighted by atomic mass is 10.3. The summed E-state index contributed by atoms with van der Waals surface area (Å²) in [6, 6.07) is 12.8. The summed E-state index contributed by atoms with van der Waals surface area (Å²) in [5, 5.41) is 0. The fourth-order valence-corrected chi connectivity index (χ4v) is 3.31. The number of anilines is 1. The molecular weight excluding hydrogens is 304 g/mol. The number of rotatable bonds is 4. The number of hydrogen-bond donors (Lipinski definition) is 1. The zero-order valence-electron chi connectivity index (χ0n) is 11.8. The van der Waals surface area contributed by atoms with E-state index in [1.807, 2.05) is 6.92 Å². The maximum absolute atomic E-state index is 12.3. The van der Waals surface area contributed by atoms with Gasteiger partial charge in [-0.15, -0.1) is 0 Å². The third kappa shape index (κ3) is 2.50. The molecule has 0 fully saturated rings. The number of aryl methyl sites for hydroxylation is 1. The Bertz CT molecular complexity index is 972. The van der Waals surface area contributed by atoms with E-state index < -0.39 is 15.8 Å². The Morgan fingerprint density at radius 3 is 2.55 bits per heavy atom. The van der Waals surface area contributed by atoms with Crippen LogP contribution >= 0.6 is 0 Å². The first-order valence-corrected chi connectivity index (χ1v) is 8.21. The molecular formula is C15H14N2O4S. The van der Waals surface area contributed by atoms with Gasteiger partial charge in [-0.05, 0) is 31.2 Å². The lowest BCUT2D eigenvalue weighted by molar-refractivity contribution is 0.513. The van der Waals surface area contributed by atoms with Gasteiger partial charge in [0.1, 0.15) is 0 Å². The zero-order valence-corrected chi connectivity index (χ0v) is 12.6. The molecule has 0 aliphatic heterocycles. The smallest absolute Gasteiger partial charge is 0.408 e. The van der Waals surface area contributed by atoms with Crippen LogP contribution in [0.15, 0.2) is 62.6 Å². The van der Waals surface area contributed by atoms with E-state index in [1.54, 1.807) is 30.3 Å². The standard InChI is InChI=1S/C15H14N2O4S/c1-2-17-13-9-8-11(10-14(13)21-15(17)18)16-22(19,20)12-6-4-3-5-7-12/h3-10,16H,2H2,1H3. The maximum atomic E-state index is 12.3. The highest BCUT2D eigenvalue weighted by molar-refractivity contribution is 7.92. The topological polar surface area (TPSA) is 81.3 Å². The second kappa shape index (κ2) is 5.34. The second-order valence-corrected chi connectivity index (χ2v) is 6.40. The van der Waals surface area contributed by atoms with Crippen molar-refractivity contribution in [3.05, 3.63) is 59.1 Å². The molecule has 0 aliphatic carbocycles. The Labute approximate surface area is 127 Å². The van der Waals surface area contributed by atoms with Crippen LogP contribution in [0, 0.1) is 0 Å². The van der Waals surface area contributed by atoms with Crippen LogP contribution in [0.3, 0.4) is 0 Å². The molecule has 114 valence electrons. The van der Waals surface area contributed by atoms with E-state index in [4.69, 9.17) is 4.42 Å². The van der Waals surface area contributed by atoms with Crippen LogP contribution in [0.2, 0.25) is 0 Å². The summed E-state index contributed by atoms with van der Waals surface area (Å²) < 4.78 is 33.6. The SMILES string of the molecule is CCn1c(=O)oc2cc(NS(=O)(=O)c3ccccc3)ccc21. The molecule has 6 nitrogen and oxygen atoms in total. The van der Waals surface area contributed by atoms with Crippen molar-refractivity contribution < 1.29 is 12.8 Å². The van der Waals surface area contributed by atoms with E-state index in [0.29, 0.717) is 23.3 Å². The molecule has 22 heavy (non-hydrogen) atoms. The van der Waals surface area contributed by atoms with Crippen molar-refractivity contribution in [2.45, 2.75) is 18.4 Å². The summed E-state index contributed by atoms with van der Waals surface area (Å²) in [6.45, 7) is 2.32. The van der Waals surface area contributed by atoms with Crippen LogP contribution in [0.25, 0.3) is 11.1 Å². The molecule has 1 aromatic heterocycles. The van der Waals surface area contributed by atoms with Crippen LogP contribution in [-0.4, -0.2) is 13.0 Å². The average molecular weight is 318 g/mol. The summed E-state index contributed by atoms with van der Waals surface area (Å²) in [5.41, 5.74) is 1.32. The van der Waals surface area contributed by atoms with Gasteiger partial charge in [-0.1, -0.05) is 18.2 Å². The second-order valence-electron chi connectivity index (χ2n) is 4.71. The number of oxazole rings is 1. The summed E-state index contributed by atoms with van der Waals surface area (Å²) in [4.78, 5) is 11.8. The normalized spacial score (nSPS) is 11.7. The third-order valence-electron chi connectivity index (χ3n) is 3.29. The molecule has 0 aliphatic rings. The Balaban J connectivity index is 2.00. The molecule has 1 N–H and O–H groups in total. The van der Waals surface area contributed by atoms with Crippen molar-refractivity contribution in [3.8, 4) is 0 Å². The highest BCUT2D eigenvalue weighted by Crippen LogP contribution is 2.21. The van der Waals surface area contributed by atoms with Crippen molar-refractivity contribution in [1.82, 2.24) is 4.57 Å². The number of nitrogens with one attached hydrogen (secondary N) is 1. The van der Waals surface area contributed by atoms with Crippen LogP contribution in [0.1, 0.15) is 6.92 Å². The van der Waals surface area contributed by atoms with Crippen LogP contribution in [-0.2, 0) is 16.6 Å². The zero-order chi connectivity index (χ0) is 15.7. The largest absolute Gasteiger partial charge is 0.419 e. The lowest BCUT2D eigenvalue weighted by Crippen LogP contribution is -2.13. The van der Waals surface area contributed by atoms with E-state index in [9.17, 15) is 13.2 Å². The third-order valence-corrected chi connectivity index (χ3v) is 4.69. The first-order chi connectivity index (χ1) is 10.5. The number of nitrogens with zero attached hydrogens (tertiary/aromatic N) is 1. The number of sulfonamides is 1. The van der Waals surface area contributed by atoms with Crippen LogP contribution < -0.4 is 10.5 Å². The minimum absolute atomic E-state index is 0.169. The monoisotopic (exact) mass is 318 g/mol. The first-order valence-electron chi connectivity index (χ1n) is 6.72. The quantitative estimate of drug-likeness (QED) is 0.801. The van der Waals surface area contributed by atoms with Gasteiger partial charge >= 0.3 is 5.76 Å². The summed E-state index contributed by atoms with van der Waals surface area (Å²) in [7, 11) is -3.67. The molecule has 3 aromatic rings. The minimum Gasteiger partial charge on any atom is -0.408 e. The number of hydrogen-bond acceptors (Lipinski definition) is 4. The Morgan fingerprint density at radius 2 is 1.86 bits per heavy atom. The molecule has 0 atom stereocenters. The van der Waals surface area contributed by atoms with Crippen molar-refractivity contribution in [3.63, 3.8) is 0 Å². The van der Waals surface area contributed by atoms with Crippen molar-refractivity contribution in [2.24, 2.45) is 0 Å². The predicted molar refractivity (Wildman–Crippen MR) is 83.4 cm³/mol. The van der Waals surface area contributed by atoms with E-state index in [-0.39, 0.29) is 4.90 Å². The Morgan fingerprint density at radius 1 is 1.14 bits per heavy atom. The van der Waals surface area contributed by atoms with Gasteiger partial charge in [0.25, 0.3) is 10.0 Å². The fourth-order valence-electron chi connectivity index (χ4n) is 2.24. The van der Waals surface area contributed by atoms with E-state index in [1.165, 1.54) is 22.8 Å². The summed E-state index contributed by atoms with van der Waals surface area (Å²) in [6.07, 6.45) is 0. The molecule has 0 bridgehead atoms. The Kier molecular flexibility index (Phi) is 3.50. The average Bonchev–Trinajstić information content (AvgIpc) is 2.82. The molecule has 1 heterocycles. The first kappa shape index (κ1) is 14.4. The molecule has 0 amide bonds. The van der Waals surface area contributed by atoms with Gasteiger partial charge in [0.2, 0.25) is 0 Å². The molecule has 0 unspecified atom stereocenters. The van der Waals surface area contributed by atoms with E-state index in [2.05, 4.69) is 4.72 Å². The molecule has 7 heteroatoms. The van der Waals surface area contributed by atoms with Gasteiger partial charge in [0, 0.05) is 12.6 Å². The van der Waals surface area contributed by atoms with Crippen LogP contribution in [0.5, 0.6) is 0 Å². The number of fused-ring (bicyclic) bond motifs is 1. The number of benzene rings is 2. The molecule has 2 aromatic carbocycles. The summed E-state index contributed by atoms with van der Waals surface area (Å²) in [5.74, 6) is -0.458. The minimum atomic E-state index is -3.67. The van der Waals surface area contributed by atoms with Gasteiger partial charge in [0.15, 0.2) is 5.58 Å². The number of aromatic nitrogens is 1. The highest BCUT2D eigenvalue weighted by Gasteiger charge is 2.15. The van der Waals surface area contributed by atoms with Crippen LogP contribution in [0.4, 0.5) is 5.69 Å². The van der Waals surface area contributed by atoms with Crippen molar-refractivity contribution in [2.75, 3.05) is 4.72 Å². The molecule has 0 saturated heterocycles. The van der Waals surface area contributed by atoms with E-state index in [0.717, 1.165) is 0 Å². The lowest BCUT2D eigenvalue weighted by Gasteiger charge is -2.07. The highest BCUT2D eigenvalue weighted by atomic mass is 32.2. The van der Waals surface area contributed by atoms with Gasteiger partial charge in [0.05, 0.1) is 16.1 Å². The Hall–Kier alpha value is -2.54. The van der Waals surface area contributed by atoms with Gasteiger partial charge < -0.3 is 4.42 Å². The van der Waals surface area contributed by atoms with Gasteiger partial charge in [-0.25, -0.2) is 13.2 Å². The molecule has 0 spiro atoms. The van der Waals surface area contributed by atoms with Crippen molar-refractivity contribution in [1.29, 1.82) is 0 Å². The maximum Gasteiger partial charge on any atom is 0.419 e. The summed E-state index contributed by atoms with van der Waals surface area (Å²) >= 11 is 0. The van der Waals surface area contributed by atoms with Gasteiger partial charge in [-0.3, -0.25) is 9.29 Å². The molecule has 0 saturated carbocycles.